The Kier molecular flexibility index (Phi) is 4.17. The minimum atomic E-state index is -4.21. The molecule has 0 aliphatic heterocycles. The summed E-state index contributed by atoms with van der Waals surface area (Å²) in [5, 5.41) is 5.35. The van der Waals surface area contributed by atoms with Gasteiger partial charge < -0.3 is 5.73 Å². The molecular formula is C11H11ClF2N4O2S. The standard InChI is InChI=1S/C11H11ClF2N4O2S/c1-5-7(4-15)11(17-16-5)21(19,20)18-10-8(12)2-6(13)3-9(10)14/h2-3,18H,4,15H2,1H3,(H,16,17). The van der Waals surface area contributed by atoms with E-state index in [9.17, 15) is 17.2 Å². The van der Waals surface area contributed by atoms with Gasteiger partial charge in [-0.15, -0.1) is 0 Å². The van der Waals surface area contributed by atoms with Crippen molar-refractivity contribution < 1.29 is 17.2 Å². The first kappa shape index (κ1) is 15.7. The molecule has 4 N–H and O–H groups in total. The molecule has 0 radical (unpaired) electrons. The number of anilines is 1. The molecule has 2 aromatic rings. The van der Waals surface area contributed by atoms with E-state index in [2.05, 4.69) is 10.2 Å². The minimum absolute atomic E-state index is 0.0712. The first-order chi connectivity index (χ1) is 9.76. The van der Waals surface area contributed by atoms with Crippen LogP contribution in [0.4, 0.5) is 14.5 Å². The number of aromatic amines is 1. The summed E-state index contributed by atoms with van der Waals surface area (Å²) < 4.78 is 53.0. The van der Waals surface area contributed by atoms with Crippen molar-refractivity contribution in [1.29, 1.82) is 0 Å². The predicted molar refractivity (Wildman–Crippen MR) is 73.4 cm³/mol. The third kappa shape index (κ3) is 2.99. The Balaban J connectivity index is 2.47. The van der Waals surface area contributed by atoms with Crippen LogP contribution in [-0.2, 0) is 16.6 Å². The molecule has 1 aromatic heterocycles. The number of H-pyrrole nitrogens is 1. The highest BCUT2D eigenvalue weighted by Crippen LogP contribution is 2.29. The summed E-state index contributed by atoms with van der Waals surface area (Å²) in [5.74, 6) is -2.05. The van der Waals surface area contributed by atoms with Gasteiger partial charge in [-0.25, -0.2) is 8.78 Å². The SMILES string of the molecule is Cc1[nH]nc(S(=O)(=O)Nc2c(F)cc(F)cc2Cl)c1CN. The summed E-state index contributed by atoms with van der Waals surface area (Å²) in [7, 11) is -4.21. The summed E-state index contributed by atoms with van der Waals surface area (Å²) in [6.07, 6.45) is 0. The molecule has 1 aromatic carbocycles. The summed E-state index contributed by atoms with van der Waals surface area (Å²) in [4.78, 5) is 0. The number of hydrogen-bond donors (Lipinski definition) is 3. The average molecular weight is 337 g/mol. The molecule has 6 nitrogen and oxygen atoms in total. The van der Waals surface area contributed by atoms with Gasteiger partial charge in [0.05, 0.1) is 5.02 Å². The molecule has 0 bridgehead atoms. The number of rotatable bonds is 4. The van der Waals surface area contributed by atoms with Crippen LogP contribution in [0.15, 0.2) is 17.2 Å². The zero-order valence-corrected chi connectivity index (χ0v) is 12.3. The number of aryl methyl sites for hydroxylation is 1. The fourth-order valence-electron chi connectivity index (χ4n) is 1.72. The van der Waals surface area contributed by atoms with Crippen LogP contribution < -0.4 is 10.5 Å². The van der Waals surface area contributed by atoms with Crippen molar-refractivity contribution in [2.45, 2.75) is 18.5 Å². The van der Waals surface area contributed by atoms with Gasteiger partial charge in [0.25, 0.3) is 10.0 Å². The Morgan fingerprint density at radius 2 is 2.10 bits per heavy atom. The Labute approximate surface area is 124 Å². The third-order valence-electron chi connectivity index (χ3n) is 2.74. The quantitative estimate of drug-likeness (QED) is 0.793. The van der Waals surface area contributed by atoms with E-state index in [0.717, 1.165) is 6.07 Å². The maximum Gasteiger partial charge on any atom is 0.281 e. The highest BCUT2D eigenvalue weighted by molar-refractivity contribution is 7.92. The number of nitrogens with one attached hydrogen (secondary N) is 2. The van der Waals surface area contributed by atoms with E-state index < -0.39 is 32.4 Å². The van der Waals surface area contributed by atoms with Crippen LogP contribution in [0.5, 0.6) is 0 Å². The number of nitrogens with two attached hydrogens (primary N) is 1. The molecule has 114 valence electrons. The van der Waals surface area contributed by atoms with E-state index in [0.29, 0.717) is 11.8 Å². The van der Waals surface area contributed by atoms with E-state index in [1.807, 2.05) is 4.72 Å². The second-order valence-electron chi connectivity index (χ2n) is 4.19. The lowest BCUT2D eigenvalue weighted by molar-refractivity contribution is 0.581. The topological polar surface area (TPSA) is 101 Å². The number of benzene rings is 1. The highest BCUT2D eigenvalue weighted by Gasteiger charge is 2.25. The summed E-state index contributed by atoms with van der Waals surface area (Å²) >= 11 is 5.65. The van der Waals surface area contributed by atoms with Gasteiger partial charge in [0.1, 0.15) is 11.5 Å². The van der Waals surface area contributed by atoms with Gasteiger partial charge in [0.15, 0.2) is 5.82 Å². The first-order valence-electron chi connectivity index (χ1n) is 5.67. The Morgan fingerprint density at radius 1 is 1.43 bits per heavy atom. The van der Waals surface area contributed by atoms with Gasteiger partial charge in [-0.3, -0.25) is 9.82 Å². The van der Waals surface area contributed by atoms with Crippen LogP contribution in [0.2, 0.25) is 5.02 Å². The molecule has 0 spiro atoms. The molecule has 0 fully saturated rings. The van der Waals surface area contributed by atoms with Gasteiger partial charge >= 0.3 is 0 Å². The molecule has 2 rings (SSSR count). The van der Waals surface area contributed by atoms with Crippen molar-refractivity contribution in [3.05, 3.63) is 40.0 Å². The molecule has 21 heavy (non-hydrogen) atoms. The van der Waals surface area contributed by atoms with Gasteiger partial charge in [-0.2, -0.15) is 13.5 Å². The minimum Gasteiger partial charge on any atom is -0.326 e. The van der Waals surface area contributed by atoms with Crippen molar-refractivity contribution in [3.63, 3.8) is 0 Å². The van der Waals surface area contributed by atoms with E-state index >= 15 is 0 Å². The second kappa shape index (κ2) is 5.58. The third-order valence-corrected chi connectivity index (χ3v) is 4.36. The van der Waals surface area contributed by atoms with Gasteiger partial charge in [-0.1, -0.05) is 11.6 Å². The van der Waals surface area contributed by atoms with Crippen molar-refractivity contribution in [2.75, 3.05) is 4.72 Å². The van der Waals surface area contributed by atoms with Crippen LogP contribution in [0.25, 0.3) is 0 Å². The van der Waals surface area contributed by atoms with E-state index in [-0.39, 0.29) is 17.1 Å². The molecule has 0 atom stereocenters. The van der Waals surface area contributed by atoms with Gasteiger partial charge in [0.2, 0.25) is 5.03 Å². The van der Waals surface area contributed by atoms with Gasteiger partial charge in [-0.05, 0) is 13.0 Å². The summed E-state index contributed by atoms with van der Waals surface area (Å²) in [6, 6.07) is 1.31. The fraction of sp³-hybridized carbons (Fsp3) is 0.182. The zero-order valence-electron chi connectivity index (χ0n) is 10.7. The largest absolute Gasteiger partial charge is 0.326 e. The maximum absolute atomic E-state index is 13.6. The van der Waals surface area contributed by atoms with Crippen LogP contribution in [-0.4, -0.2) is 18.6 Å². The molecule has 10 heteroatoms. The van der Waals surface area contributed by atoms with Crippen molar-refractivity contribution in [2.24, 2.45) is 5.73 Å². The molecule has 0 amide bonds. The van der Waals surface area contributed by atoms with E-state index in [4.69, 9.17) is 17.3 Å². The number of aromatic nitrogens is 2. The molecule has 0 saturated heterocycles. The first-order valence-corrected chi connectivity index (χ1v) is 7.53. The van der Waals surface area contributed by atoms with Crippen LogP contribution >= 0.6 is 11.6 Å². The lowest BCUT2D eigenvalue weighted by Gasteiger charge is -2.10. The van der Waals surface area contributed by atoms with Crippen LogP contribution in [0, 0.1) is 18.6 Å². The van der Waals surface area contributed by atoms with Crippen LogP contribution in [0.1, 0.15) is 11.3 Å². The van der Waals surface area contributed by atoms with Gasteiger partial charge in [0, 0.05) is 23.9 Å². The highest BCUT2D eigenvalue weighted by atomic mass is 35.5. The average Bonchev–Trinajstić information content (AvgIpc) is 2.75. The van der Waals surface area contributed by atoms with Crippen molar-refractivity contribution in [3.8, 4) is 0 Å². The Bertz CT molecular complexity index is 769. The molecule has 0 saturated carbocycles. The molecular weight excluding hydrogens is 326 g/mol. The second-order valence-corrected chi connectivity index (χ2v) is 6.19. The van der Waals surface area contributed by atoms with E-state index in [1.54, 1.807) is 6.92 Å². The number of hydrogen-bond acceptors (Lipinski definition) is 4. The summed E-state index contributed by atoms with van der Waals surface area (Å²) in [6.45, 7) is 1.53. The number of sulfonamides is 1. The number of halogens is 3. The molecule has 0 aliphatic carbocycles. The maximum atomic E-state index is 13.6. The van der Waals surface area contributed by atoms with Crippen molar-refractivity contribution >= 4 is 27.3 Å². The smallest absolute Gasteiger partial charge is 0.281 e. The monoisotopic (exact) mass is 336 g/mol. The molecule has 0 unspecified atom stereocenters. The zero-order chi connectivity index (χ0) is 15.8. The Morgan fingerprint density at radius 3 is 2.67 bits per heavy atom. The summed E-state index contributed by atoms with van der Waals surface area (Å²) in [5.41, 5.74) is 5.65. The molecule has 0 aliphatic rings. The van der Waals surface area contributed by atoms with Crippen LogP contribution in [0.3, 0.4) is 0 Å². The van der Waals surface area contributed by atoms with Crippen molar-refractivity contribution in [1.82, 2.24) is 10.2 Å². The lowest BCUT2D eigenvalue weighted by Crippen LogP contribution is -2.17. The normalized spacial score (nSPS) is 11.7. The Hall–Kier alpha value is -1.71. The number of nitrogens with zero attached hydrogens (tertiary/aromatic N) is 1. The predicted octanol–water partition coefficient (Wildman–Crippen LogP) is 1.91. The van der Waals surface area contributed by atoms with E-state index in [1.165, 1.54) is 0 Å². The lowest BCUT2D eigenvalue weighted by atomic mass is 10.3. The molecule has 1 heterocycles. The fourth-order valence-corrected chi connectivity index (χ4v) is 3.31.